The first kappa shape index (κ1) is 22.4. The number of ether oxygens (including phenoxy) is 2. The Morgan fingerprint density at radius 2 is 1.62 bits per heavy atom. The highest BCUT2D eigenvalue weighted by atomic mass is 16.5. The molecule has 0 aliphatic carbocycles. The van der Waals surface area contributed by atoms with Crippen molar-refractivity contribution in [3.8, 4) is 5.75 Å². The molecule has 0 aromatic heterocycles. The maximum absolute atomic E-state index is 5.49. The molecule has 0 unspecified atom stereocenters. The normalized spacial score (nSPS) is 18.0. The van der Waals surface area contributed by atoms with Crippen LogP contribution in [0, 0.1) is 0 Å². The SMILES string of the molecule is CN=C(NCc1ccccc1CN1CCOCC1)N1CCN(c2ccc(OC)cc2)CC1. The van der Waals surface area contributed by atoms with Gasteiger partial charge in [0.2, 0.25) is 0 Å². The molecule has 0 radical (unpaired) electrons. The molecule has 0 saturated carbocycles. The van der Waals surface area contributed by atoms with Crippen LogP contribution in [0.5, 0.6) is 5.75 Å². The van der Waals surface area contributed by atoms with Gasteiger partial charge in [0, 0.05) is 65.1 Å². The van der Waals surface area contributed by atoms with Crippen LogP contribution >= 0.6 is 0 Å². The second kappa shape index (κ2) is 11.2. The summed E-state index contributed by atoms with van der Waals surface area (Å²) in [5.74, 6) is 1.87. The summed E-state index contributed by atoms with van der Waals surface area (Å²) in [5.41, 5.74) is 3.95. The van der Waals surface area contributed by atoms with Gasteiger partial charge in [0.05, 0.1) is 20.3 Å². The summed E-state index contributed by atoms with van der Waals surface area (Å²) in [4.78, 5) is 11.8. The molecule has 2 heterocycles. The van der Waals surface area contributed by atoms with E-state index in [0.29, 0.717) is 0 Å². The molecule has 0 bridgehead atoms. The summed E-state index contributed by atoms with van der Waals surface area (Å²) in [6.45, 7) is 9.25. The predicted octanol–water partition coefficient (Wildman–Crippen LogP) is 2.42. The van der Waals surface area contributed by atoms with Gasteiger partial charge in [-0.15, -0.1) is 0 Å². The Bertz CT molecular complexity index is 872. The lowest BCUT2D eigenvalue weighted by molar-refractivity contribution is 0.0341. The first-order valence-electron chi connectivity index (χ1n) is 11.5. The van der Waals surface area contributed by atoms with Gasteiger partial charge in [0.15, 0.2) is 5.96 Å². The zero-order chi connectivity index (χ0) is 22.2. The van der Waals surface area contributed by atoms with Crippen molar-refractivity contribution >= 4 is 11.6 Å². The highest BCUT2D eigenvalue weighted by Crippen LogP contribution is 2.20. The fraction of sp³-hybridized carbons (Fsp3) is 0.480. The van der Waals surface area contributed by atoms with E-state index in [1.807, 2.05) is 19.2 Å². The predicted molar refractivity (Wildman–Crippen MR) is 130 cm³/mol. The lowest BCUT2D eigenvalue weighted by atomic mass is 10.1. The fourth-order valence-corrected chi connectivity index (χ4v) is 4.36. The van der Waals surface area contributed by atoms with Crippen molar-refractivity contribution in [1.29, 1.82) is 0 Å². The zero-order valence-corrected chi connectivity index (χ0v) is 19.3. The Morgan fingerprint density at radius 1 is 0.938 bits per heavy atom. The Balaban J connectivity index is 1.31. The lowest BCUT2D eigenvalue weighted by Crippen LogP contribution is -2.52. The van der Waals surface area contributed by atoms with E-state index in [1.165, 1.54) is 16.8 Å². The number of benzene rings is 2. The summed E-state index contributed by atoms with van der Waals surface area (Å²) in [5, 5.41) is 3.60. The van der Waals surface area contributed by atoms with Crippen molar-refractivity contribution < 1.29 is 9.47 Å². The maximum atomic E-state index is 5.49. The van der Waals surface area contributed by atoms with E-state index in [-0.39, 0.29) is 0 Å². The molecule has 2 aromatic rings. The molecular formula is C25H35N5O2. The van der Waals surface area contributed by atoms with Gasteiger partial charge in [-0.1, -0.05) is 24.3 Å². The monoisotopic (exact) mass is 437 g/mol. The summed E-state index contributed by atoms with van der Waals surface area (Å²) in [7, 11) is 3.57. The number of guanidine groups is 1. The van der Waals surface area contributed by atoms with Crippen LogP contribution < -0.4 is 15.0 Å². The number of aliphatic imine (C=N–C) groups is 1. The summed E-state index contributed by atoms with van der Waals surface area (Å²) >= 11 is 0. The molecule has 2 aliphatic heterocycles. The topological polar surface area (TPSA) is 52.6 Å². The van der Waals surface area contributed by atoms with Crippen molar-refractivity contribution in [3.63, 3.8) is 0 Å². The number of rotatable bonds is 6. The van der Waals surface area contributed by atoms with Crippen LogP contribution in [0.1, 0.15) is 11.1 Å². The van der Waals surface area contributed by atoms with Crippen LogP contribution in [0.25, 0.3) is 0 Å². The largest absolute Gasteiger partial charge is 0.497 e. The Labute approximate surface area is 191 Å². The number of piperazine rings is 1. The van der Waals surface area contributed by atoms with E-state index >= 15 is 0 Å². The highest BCUT2D eigenvalue weighted by Gasteiger charge is 2.20. The van der Waals surface area contributed by atoms with Crippen LogP contribution in [-0.2, 0) is 17.8 Å². The van der Waals surface area contributed by atoms with E-state index in [1.54, 1.807) is 7.11 Å². The van der Waals surface area contributed by atoms with Crippen molar-refractivity contribution in [2.75, 3.05) is 71.5 Å². The number of nitrogens with zero attached hydrogens (tertiary/aromatic N) is 4. The summed E-state index contributed by atoms with van der Waals surface area (Å²) in [6, 6.07) is 17.0. The minimum atomic E-state index is 0.784. The van der Waals surface area contributed by atoms with E-state index < -0.39 is 0 Å². The standard InChI is InChI=1S/C25H35N5O2/c1-26-25(30-13-11-29(12-14-30)23-7-9-24(31-2)10-8-23)27-19-21-5-3-4-6-22(21)20-28-15-17-32-18-16-28/h3-10H,11-20H2,1-2H3,(H,26,27). The van der Waals surface area contributed by atoms with Crippen LogP contribution in [0.4, 0.5) is 5.69 Å². The second-order valence-electron chi connectivity index (χ2n) is 8.23. The van der Waals surface area contributed by atoms with E-state index in [9.17, 15) is 0 Å². The van der Waals surface area contributed by atoms with Gasteiger partial charge in [-0.2, -0.15) is 0 Å². The van der Waals surface area contributed by atoms with Gasteiger partial charge < -0.3 is 24.6 Å². The second-order valence-corrected chi connectivity index (χ2v) is 8.23. The quantitative estimate of drug-likeness (QED) is 0.553. The number of morpholine rings is 1. The van der Waals surface area contributed by atoms with E-state index in [2.05, 4.69) is 61.4 Å². The first-order chi connectivity index (χ1) is 15.8. The van der Waals surface area contributed by atoms with Crippen LogP contribution in [0.3, 0.4) is 0 Å². The van der Waals surface area contributed by atoms with Gasteiger partial charge in [-0.3, -0.25) is 9.89 Å². The Hall–Kier alpha value is -2.77. The fourth-order valence-electron chi connectivity index (χ4n) is 4.36. The third-order valence-electron chi connectivity index (χ3n) is 6.28. The maximum Gasteiger partial charge on any atom is 0.194 e. The van der Waals surface area contributed by atoms with E-state index in [4.69, 9.17) is 9.47 Å². The third kappa shape index (κ3) is 5.72. The molecule has 2 aliphatic rings. The number of anilines is 1. The Kier molecular flexibility index (Phi) is 7.85. The molecule has 7 heteroatoms. The molecule has 172 valence electrons. The molecule has 2 aromatic carbocycles. The van der Waals surface area contributed by atoms with Crippen molar-refractivity contribution in [2.45, 2.75) is 13.1 Å². The average molecular weight is 438 g/mol. The van der Waals surface area contributed by atoms with E-state index in [0.717, 1.165) is 77.3 Å². The molecule has 0 atom stereocenters. The van der Waals surface area contributed by atoms with Gasteiger partial charge in [0.25, 0.3) is 0 Å². The average Bonchev–Trinajstić information content (AvgIpc) is 2.86. The summed E-state index contributed by atoms with van der Waals surface area (Å²) < 4.78 is 10.8. The van der Waals surface area contributed by atoms with Crippen LogP contribution in [-0.4, -0.2) is 82.4 Å². The molecule has 0 amide bonds. The molecule has 1 N–H and O–H groups in total. The van der Waals surface area contributed by atoms with Gasteiger partial charge >= 0.3 is 0 Å². The third-order valence-corrected chi connectivity index (χ3v) is 6.28. The number of methoxy groups -OCH3 is 1. The Morgan fingerprint density at radius 3 is 2.28 bits per heavy atom. The number of hydrogen-bond acceptors (Lipinski definition) is 5. The first-order valence-corrected chi connectivity index (χ1v) is 11.5. The molecule has 32 heavy (non-hydrogen) atoms. The molecule has 7 nitrogen and oxygen atoms in total. The van der Waals surface area contributed by atoms with Crippen molar-refractivity contribution in [2.24, 2.45) is 4.99 Å². The van der Waals surface area contributed by atoms with Crippen molar-refractivity contribution in [3.05, 3.63) is 59.7 Å². The van der Waals surface area contributed by atoms with Crippen LogP contribution in [0.15, 0.2) is 53.5 Å². The minimum Gasteiger partial charge on any atom is -0.497 e. The number of nitrogens with one attached hydrogen (secondary N) is 1. The zero-order valence-electron chi connectivity index (χ0n) is 19.3. The molecular weight excluding hydrogens is 402 g/mol. The van der Waals surface area contributed by atoms with Crippen molar-refractivity contribution in [1.82, 2.24) is 15.1 Å². The number of hydrogen-bond donors (Lipinski definition) is 1. The summed E-state index contributed by atoms with van der Waals surface area (Å²) in [6.07, 6.45) is 0. The van der Waals surface area contributed by atoms with Gasteiger partial charge in [-0.05, 0) is 35.4 Å². The van der Waals surface area contributed by atoms with Crippen LogP contribution in [0.2, 0.25) is 0 Å². The molecule has 2 saturated heterocycles. The molecule has 2 fully saturated rings. The molecule has 0 spiro atoms. The smallest absolute Gasteiger partial charge is 0.194 e. The minimum absolute atomic E-state index is 0.784. The lowest BCUT2D eigenvalue weighted by Gasteiger charge is -2.37. The highest BCUT2D eigenvalue weighted by molar-refractivity contribution is 5.80. The van der Waals surface area contributed by atoms with Gasteiger partial charge in [0.1, 0.15) is 5.75 Å². The molecule has 4 rings (SSSR count). The van der Waals surface area contributed by atoms with Gasteiger partial charge in [-0.25, -0.2) is 0 Å².